The van der Waals surface area contributed by atoms with Crippen LogP contribution in [0.15, 0.2) is 0 Å². The van der Waals surface area contributed by atoms with Gasteiger partial charge >= 0.3 is 5.97 Å². The Hall–Kier alpha value is 0.200. The first-order valence-corrected chi connectivity index (χ1v) is 5.72. The molecule has 5 atom stereocenters. The van der Waals surface area contributed by atoms with E-state index in [4.69, 9.17) is 4.74 Å². The van der Waals surface area contributed by atoms with Gasteiger partial charge in [-0.1, -0.05) is 22.6 Å². The molecule has 2 aliphatic carbocycles. The number of rotatable bonds is 0. The van der Waals surface area contributed by atoms with E-state index in [9.17, 15) is 4.79 Å². The van der Waals surface area contributed by atoms with Crippen LogP contribution >= 0.6 is 22.6 Å². The molecule has 2 nitrogen and oxygen atoms in total. The van der Waals surface area contributed by atoms with E-state index in [0.29, 0.717) is 9.84 Å². The van der Waals surface area contributed by atoms with Crippen molar-refractivity contribution in [2.45, 2.75) is 29.8 Å². The van der Waals surface area contributed by atoms with Crippen LogP contribution in [0.3, 0.4) is 0 Å². The van der Waals surface area contributed by atoms with E-state index >= 15 is 0 Å². The standard InChI is InChI=1S/C9H11IO2/c1-9-3-4-2-5(9)7(6(4)10)12-8(9)11/h4-7H,2-3H2,1H3/t4-,5-,6-,7+,9-/m1/s1. The molecule has 3 fully saturated rings. The van der Waals surface area contributed by atoms with Gasteiger partial charge in [0.15, 0.2) is 0 Å². The maximum absolute atomic E-state index is 11.5. The summed E-state index contributed by atoms with van der Waals surface area (Å²) in [6, 6.07) is 0. The van der Waals surface area contributed by atoms with Crippen LogP contribution in [0, 0.1) is 17.3 Å². The van der Waals surface area contributed by atoms with Crippen LogP contribution in [0.2, 0.25) is 0 Å². The lowest BCUT2D eigenvalue weighted by Gasteiger charge is -2.25. The van der Waals surface area contributed by atoms with E-state index in [1.807, 2.05) is 0 Å². The fraction of sp³-hybridized carbons (Fsp3) is 0.889. The lowest BCUT2D eigenvalue weighted by atomic mass is 9.76. The molecule has 0 radical (unpaired) electrons. The maximum Gasteiger partial charge on any atom is 0.312 e. The van der Waals surface area contributed by atoms with E-state index in [-0.39, 0.29) is 17.5 Å². The molecule has 0 amide bonds. The molecule has 2 saturated carbocycles. The number of alkyl halides is 1. The first-order valence-electron chi connectivity index (χ1n) is 4.48. The van der Waals surface area contributed by atoms with Gasteiger partial charge < -0.3 is 4.74 Å². The summed E-state index contributed by atoms with van der Waals surface area (Å²) in [7, 11) is 0. The van der Waals surface area contributed by atoms with E-state index in [1.54, 1.807) is 0 Å². The first kappa shape index (κ1) is 7.59. The molecule has 0 spiro atoms. The van der Waals surface area contributed by atoms with Crippen LogP contribution < -0.4 is 0 Å². The van der Waals surface area contributed by atoms with Gasteiger partial charge in [0.2, 0.25) is 0 Å². The summed E-state index contributed by atoms with van der Waals surface area (Å²) in [6.07, 6.45) is 2.54. The van der Waals surface area contributed by atoms with Crippen LogP contribution in [-0.2, 0) is 9.53 Å². The highest BCUT2D eigenvalue weighted by atomic mass is 127. The number of carbonyl (C=O) groups excluding carboxylic acids is 1. The summed E-state index contributed by atoms with van der Waals surface area (Å²) in [5, 5.41) is 0. The predicted molar refractivity (Wildman–Crippen MR) is 52.0 cm³/mol. The minimum Gasteiger partial charge on any atom is -0.460 e. The third-order valence-electron chi connectivity index (χ3n) is 3.93. The Bertz CT molecular complexity index is 265. The largest absolute Gasteiger partial charge is 0.460 e. The van der Waals surface area contributed by atoms with E-state index in [0.717, 1.165) is 12.3 Å². The van der Waals surface area contributed by atoms with Crippen molar-refractivity contribution in [1.82, 2.24) is 0 Å². The average Bonchev–Trinajstić information content (AvgIpc) is 2.53. The second kappa shape index (κ2) is 1.99. The summed E-state index contributed by atoms with van der Waals surface area (Å²) in [6.45, 7) is 2.09. The zero-order valence-electron chi connectivity index (χ0n) is 6.92. The van der Waals surface area contributed by atoms with Crippen molar-refractivity contribution in [3.8, 4) is 0 Å². The van der Waals surface area contributed by atoms with Gasteiger partial charge in [-0.05, 0) is 25.7 Å². The Balaban J connectivity index is 2.09. The number of carbonyl (C=O) groups is 1. The van der Waals surface area contributed by atoms with Gasteiger partial charge in [-0.3, -0.25) is 4.79 Å². The molecule has 0 aromatic heterocycles. The minimum absolute atomic E-state index is 0.0687. The van der Waals surface area contributed by atoms with Gasteiger partial charge in [-0.25, -0.2) is 0 Å². The summed E-state index contributed by atoms with van der Waals surface area (Å²) >= 11 is 2.45. The van der Waals surface area contributed by atoms with Crippen LogP contribution in [0.1, 0.15) is 19.8 Å². The Morgan fingerprint density at radius 1 is 1.67 bits per heavy atom. The topological polar surface area (TPSA) is 26.3 Å². The molecule has 0 aromatic rings. The van der Waals surface area contributed by atoms with E-state index in [1.165, 1.54) is 6.42 Å². The Morgan fingerprint density at radius 3 is 3.00 bits per heavy atom. The quantitative estimate of drug-likeness (QED) is 0.383. The molecule has 3 rings (SSSR count). The number of halogens is 1. The van der Waals surface area contributed by atoms with Gasteiger partial charge in [-0.15, -0.1) is 0 Å². The lowest BCUT2D eigenvalue weighted by molar-refractivity contribution is -0.147. The molecule has 2 bridgehead atoms. The van der Waals surface area contributed by atoms with Crippen LogP contribution in [0.25, 0.3) is 0 Å². The van der Waals surface area contributed by atoms with Gasteiger partial charge in [-0.2, -0.15) is 0 Å². The second-order valence-corrected chi connectivity index (χ2v) is 5.98. The average molecular weight is 278 g/mol. The van der Waals surface area contributed by atoms with Crippen molar-refractivity contribution >= 4 is 28.6 Å². The van der Waals surface area contributed by atoms with Crippen LogP contribution in [-0.4, -0.2) is 16.0 Å². The minimum atomic E-state index is -0.100. The Kier molecular flexibility index (Phi) is 1.26. The molecule has 0 N–H and O–H groups in total. The van der Waals surface area contributed by atoms with Gasteiger partial charge in [0.1, 0.15) is 6.10 Å². The lowest BCUT2D eigenvalue weighted by Crippen LogP contribution is -2.33. The van der Waals surface area contributed by atoms with Crippen LogP contribution in [0.4, 0.5) is 0 Å². The summed E-state index contributed by atoms with van der Waals surface area (Å²) in [5.74, 6) is 1.35. The zero-order valence-corrected chi connectivity index (χ0v) is 9.08. The highest BCUT2D eigenvalue weighted by Crippen LogP contribution is 2.63. The number of hydrogen-bond donors (Lipinski definition) is 0. The monoisotopic (exact) mass is 278 g/mol. The molecule has 1 saturated heterocycles. The molecule has 12 heavy (non-hydrogen) atoms. The SMILES string of the molecule is C[C@@]12C[C@H]3C[C@@H]1[C@H](OC2=O)[C@@H]3I. The van der Waals surface area contributed by atoms with Crippen molar-refractivity contribution in [3.63, 3.8) is 0 Å². The maximum atomic E-state index is 11.5. The van der Waals surface area contributed by atoms with Gasteiger partial charge in [0, 0.05) is 5.92 Å². The second-order valence-electron chi connectivity index (χ2n) is 4.54. The molecular formula is C9H11IO2. The molecule has 0 unspecified atom stereocenters. The molecular weight excluding hydrogens is 267 g/mol. The highest BCUT2D eigenvalue weighted by Gasteiger charge is 2.67. The Morgan fingerprint density at radius 2 is 2.42 bits per heavy atom. The van der Waals surface area contributed by atoms with Crippen LogP contribution in [0.5, 0.6) is 0 Å². The van der Waals surface area contributed by atoms with Crippen molar-refractivity contribution < 1.29 is 9.53 Å². The van der Waals surface area contributed by atoms with E-state index < -0.39 is 0 Å². The van der Waals surface area contributed by atoms with Crippen molar-refractivity contribution in [3.05, 3.63) is 0 Å². The number of fused-ring (bicyclic) bond motifs is 1. The molecule has 1 heterocycles. The summed E-state index contributed by atoms with van der Waals surface area (Å²) in [4.78, 5) is 11.5. The van der Waals surface area contributed by atoms with Crippen molar-refractivity contribution in [2.75, 3.05) is 0 Å². The number of hydrogen-bond acceptors (Lipinski definition) is 2. The Labute approximate surface area is 85.2 Å². The molecule has 0 aromatic carbocycles. The molecule has 66 valence electrons. The smallest absolute Gasteiger partial charge is 0.312 e. The first-order chi connectivity index (χ1) is 5.63. The fourth-order valence-corrected chi connectivity index (χ4v) is 4.43. The van der Waals surface area contributed by atoms with Gasteiger partial charge in [0.25, 0.3) is 0 Å². The summed E-state index contributed by atoms with van der Waals surface area (Å²) in [5.41, 5.74) is -0.100. The zero-order chi connectivity index (χ0) is 8.51. The third-order valence-corrected chi connectivity index (χ3v) is 5.66. The predicted octanol–water partition coefficient (Wildman–Crippen LogP) is 1.76. The fourth-order valence-electron chi connectivity index (χ4n) is 3.24. The third kappa shape index (κ3) is 0.624. The molecule has 3 heteroatoms. The van der Waals surface area contributed by atoms with Crippen molar-refractivity contribution in [2.24, 2.45) is 17.3 Å². The normalized spacial score (nSPS) is 61.0. The number of esters is 1. The number of ether oxygens (including phenoxy) is 1. The highest BCUT2D eigenvalue weighted by molar-refractivity contribution is 14.1. The molecule has 1 aliphatic heterocycles. The summed E-state index contributed by atoms with van der Waals surface area (Å²) < 4.78 is 6.00. The van der Waals surface area contributed by atoms with Crippen molar-refractivity contribution in [1.29, 1.82) is 0 Å². The molecule has 3 aliphatic rings. The van der Waals surface area contributed by atoms with Gasteiger partial charge in [0.05, 0.1) is 9.34 Å². The van der Waals surface area contributed by atoms with E-state index in [2.05, 4.69) is 29.5 Å².